The van der Waals surface area contributed by atoms with Crippen molar-refractivity contribution in [3.63, 3.8) is 0 Å². The van der Waals surface area contributed by atoms with E-state index in [1.807, 2.05) is 0 Å². The second kappa shape index (κ2) is 5.75. The number of aromatic nitrogens is 2. The van der Waals surface area contributed by atoms with Crippen molar-refractivity contribution in [1.82, 2.24) is 9.97 Å². The van der Waals surface area contributed by atoms with Crippen LogP contribution in [0.5, 0.6) is 0 Å². The molecular weight excluding hydrogens is 237 g/mol. The molecule has 0 aliphatic rings. The molecule has 2 aromatic rings. The van der Waals surface area contributed by atoms with Gasteiger partial charge in [0.1, 0.15) is 5.82 Å². The topological polar surface area (TPSA) is 51.8 Å². The molecule has 2 N–H and O–H groups in total. The van der Waals surface area contributed by atoms with Crippen LogP contribution in [0.3, 0.4) is 0 Å². The first-order chi connectivity index (χ1) is 8.27. The first-order valence-corrected chi connectivity index (χ1v) is 6.15. The smallest absolute Gasteiger partial charge is 0.136 e. The number of rotatable bonds is 4. The first-order valence-electron chi connectivity index (χ1n) is 5.16. The van der Waals surface area contributed by atoms with Crippen LogP contribution >= 0.6 is 11.8 Å². The van der Waals surface area contributed by atoms with Crippen molar-refractivity contribution >= 4 is 11.8 Å². The van der Waals surface area contributed by atoms with Crippen LogP contribution in [0.25, 0.3) is 0 Å². The Morgan fingerprint density at radius 2 is 2.12 bits per heavy atom. The zero-order valence-corrected chi connectivity index (χ0v) is 9.90. The largest absolute Gasteiger partial charge is 0.322 e. The highest BCUT2D eigenvalue weighted by atomic mass is 32.2. The molecule has 0 radical (unpaired) electrons. The number of benzene rings is 1. The minimum Gasteiger partial charge on any atom is -0.322 e. The zero-order chi connectivity index (χ0) is 12.1. The van der Waals surface area contributed by atoms with E-state index in [9.17, 15) is 4.39 Å². The maximum atomic E-state index is 13.4. The number of hydrogen-bond donors (Lipinski definition) is 1. The summed E-state index contributed by atoms with van der Waals surface area (Å²) in [7, 11) is 0. The molecule has 1 aromatic carbocycles. The summed E-state index contributed by atoms with van der Waals surface area (Å²) in [5.41, 5.74) is 6.67. The van der Waals surface area contributed by atoms with Gasteiger partial charge >= 0.3 is 0 Å². The molecule has 2 rings (SSSR count). The van der Waals surface area contributed by atoms with Crippen LogP contribution in [0.4, 0.5) is 4.39 Å². The van der Waals surface area contributed by atoms with Crippen LogP contribution in [0.1, 0.15) is 11.7 Å². The standard InChI is InChI=1S/C12H12FN3S/c13-9-3-1-2-4-12(9)17-8-10(14)11-7-15-5-6-16-11/h1-7,10H,8,14H2. The fourth-order valence-corrected chi connectivity index (χ4v) is 2.24. The van der Waals surface area contributed by atoms with E-state index in [2.05, 4.69) is 9.97 Å². The van der Waals surface area contributed by atoms with E-state index in [1.165, 1.54) is 17.8 Å². The Kier molecular flexibility index (Phi) is 4.06. The van der Waals surface area contributed by atoms with Gasteiger partial charge in [-0.25, -0.2) is 4.39 Å². The van der Waals surface area contributed by atoms with Crippen LogP contribution in [0.2, 0.25) is 0 Å². The molecule has 0 spiro atoms. The quantitative estimate of drug-likeness (QED) is 0.845. The van der Waals surface area contributed by atoms with Gasteiger partial charge in [-0.05, 0) is 12.1 Å². The Morgan fingerprint density at radius 1 is 1.29 bits per heavy atom. The van der Waals surface area contributed by atoms with Crippen molar-refractivity contribution in [2.24, 2.45) is 5.73 Å². The Bertz CT molecular complexity index is 478. The Balaban J connectivity index is 1.97. The molecule has 0 aliphatic heterocycles. The highest BCUT2D eigenvalue weighted by molar-refractivity contribution is 7.99. The minimum atomic E-state index is -0.242. The van der Waals surface area contributed by atoms with Crippen molar-refractivity contribution in [3.05, 3.63) is 54.4 Å². The van der Waals surface area contributed by atoms with Crippen LogP contribution in [-0.4, -0.2) is 15.7 Å². The maximum Gasteiger partial charge on any atom is 0.136 e. The highest BCUT2D eigenvalue weighted by Gasteiger charge is 2.09. The third-order valence-electron chi connectivity index (χ3n) is 2.22. The zero-order valence-electron chi connectivity index (χ0n) is 9.08. The van der Waals surface area contributed by atoms with Gasteiger partial charge in [-0.2, -0.15) is 0 Å². The van der Waals surface area contributed by atoms with Crippen LogP contribution in [0, 0.1) is 5.82 Å². The summed E-state index contributed by atoms with van der Waals surface area (Å²) in [5, 5.41) is 0. The molecule has 17 heavy (non-hydrogen) atoms. The van der Waals surface area contributed by atoms with E-state index in [1.54, 1.807) is 36.8 Å². The normalized spacial score (nSPS) is 12.4. The second-order valence-electron chi connectivity index (χ2n) is 3.48. The third kappa shape index (κ3) is 3.25. The summed E-state index contributed by atoms with van der Waals surface area (Å²) in [6.07, 6.45) is 4.83. The van der Waals surface area contributed by atoms with Gasteiger partial charge in [-0.3, -0.25) is 9.97 Å². The number of hydrogen-bond acceptors (Lipinski definition) is 4. The van der Waals surface area contributed by atoms with Crippen molar-refractivity contribution < 1.29 is 4.39 Å². The number of nitrogens with zero attached hydrogens (tertiary/aromatic N) is 2. The average molecular weight is 249 g/mol. The molecule has 3 nitrogen and oxygen atoms in total. The molecule has 0 bridgehead atoms. The molecule has 0 fully saturated rings. The maximum absolute atomic E-state index is 13.4. The minimum absolute atomic E-state index is 0.219. The summed E-state index contributed by atoms with van der Waals surface area (Å²) in [5.74, 6) is 0.350. The molecule has 1 unspecified atom stereocenters. The first kappa shape index (κ1) is 12.0. The summed E-state index contributed by atoms with van der Waals surface area (Å²) in [4.78, 5) is 8.67. The molecule has 0 saturated carbocycles. The monoisotopic (exact) mass is 249 g/mol. The highest BCUT2D eigenvalue weighted by Crippen LogP contribution is 2.24. The summed E-state index contributed by atoms with van der Waals surface area (Å²) in [6.45, 7) is 0. The summed E-state index contributed by atoms with van der Waals surface area (Å²) < 4.78 is 13.4. The Labute approximate surface area is 103 Å². The van der Waals surface area contributed by atoms with Gasteiger partial charge in [0.05, 0.1) is 11.7 Å². The van der Waals surface area contributed by atoms with Gasteiger partial charge in [0.15, 0.2) is 0 Å². The lowest BCUT2D eigenvalue weighted by Gasteiger charge is -2.10. The lowest BCUT2D eigenvalue weighted by atomic mass is 10.3. The molecule has 0 amide bonds. The van der Waals surface area contributed by atoms with Gasteiger partial charge < -0.3 is 5.73 Å². The van der Waals surface area contributed by atoms with Gasteiger partial charge in [0.2, 0.25) is 0 Å². The molecule has 0 aliphatic carbocycles. The molecule has 5 heteroatoms. The van der Waals surface area contributed by atoms with Crippen molar-refractivity contribution in [3.8, 4) is 0 Å². The third-order valence-corrected chi connectivity index (χ3v) is 3.39. The summed E-state index contributed by atoms with van der Waals surface area (Å²) >= 11 is 1.38. The number of halogens is 1. The molecule has 88 valence electrons. The predicted molar refractivity (Wildman–Crippen MR) is 66.1 cm³/mol. The molecule has 1 atom stereocenters. The van der Waals surface area contributed by atoms with Gasteiger partial charge in [0.25, 0.3) is 0 Å². The molecule has 1 aromatic heterocycles. The second-order valence-corrected chi connectivity index (χ2v) is 4.54. The van der Waals surface area contributed by atoms with Crippen LogP contribution in [0.15, 0.2) is 47.8 Å². The fourth-order valence-electron chi connectivity index (χ4n) is 1.33. The molecule has 1 heterocycles. The van der Waals surface area contributed by atoms with Gasteiger partial charge in [-0.15, -0.1) is 11.8 Å². The van der Waals surface area contributed by atoms with E-state index < -0.39 is 0 Å². The van der Waals surface area contributed by atoms with Crippen molar-refractivity contribution in [2.45, 2.75) is 10.9 Å². The van der Waals surface area contributed by atoms with E-state index in [4.69, 9.17) is 5.73 Å². The molecule has 0 saturated heterocycles. The number of nitrogens with two attached hydrogens (primary N) is 1. The van der Waals surface area contributed by atoms with Crippen LogP contribution in [-0.2, 0) is 0 Å². The van der Waals surface area contributed by atoms with E-state index in [0.717, 1.165) is 5.69 Å². The average Bonchev–Trinajstić information content (AvgIpc) is 2.38. The number of thioether (sulfide) groups is 1. The summed E-state index contributed by atoms with van der Waals surface area (Å²) in [6, 6.07) is 6.41. The van der Waals surface area contributed by atoms with E-state index >= 15 is 0 Å². The fraction of sp³-hybridized carbons (Fsp3) is 0.167. The van der Waals surface area contributed by atoms with E-state index in [0.29, 0.717) is 10.6 Å². The lowest BCUT2D eigenvalue weighted by Crippen LogP contribution is -2.14. The Hall–Kier alpha value is -1.46. The van der Waals surface area contributed by atoms with Gasteiger partial charge in [0, 0.05) is 29.2 Å². The molecular formula is C12H12FN3S. The Morgan fingerprint density at radius 3 is 2.82 bits per heavy atom. The van der Waals surface area contributed by atoms with Gasteiger partial charge in [-0.1, -0.05) is 12.1 Å². The van der Waals surface area contributed by atoms with Crippen molar-refractivity contribution in [2.75, 3.05) is 5.75 Å². The SMILES string of the molecule is NC(CSc1ccccc1F)c1cnccn1. The predicted octanol–water partition coefficient (Wildman–Crippen LogP) is 2.41. The lowest BCUT2D eigenvalue weighted by molar-refractivity contribution is 0.601. The van der Waals surface area contributed by atoms with Crippen LogP contribution < -0.4 is 5.73 Å². The van der Waals surface area contributed by atoms with Crippen molar-refractivity contribution in [1.29, 1.82) is 0 Å². The van der Waals surface area contributed by atoms with E-state index in [-0.39, 0.29) is 11.9 Å².